The molecule has 4 nitrogen and oxygen atoms in total. The molecule has 21 heavy (non-hydrogen) atoms. The normalized spacial score (nSPS) is 17.2. The monoisotopic (exact) mass is 355 g/mol. The zero-order valence-electron chi connectivity index (χ0n) is 12.6. The fourth-order valence-corrected chi connectivity index (χ4v) is 3.47. The predicted octanol–water partition coefficient (Wildman–Crippen LogP) is 2.88. The van der Waals surface area contributed by atoms with Gasteiger partial charge in [0.1, 0.15) is 5.75 Å². The molecule has 0 unspecified atom stereocenters. The molecule has 0 aliphatic heterocycles. The first kappa shape index (κ1) is 16.5. The fraction of sp³-hybridized carbons (Fsp3) is 0.562. The number of methoxy groups -OCH3 is 1. The van der Waals surface area contributed by atoms with Crippen molar-refractivity contribution in [1.82, 2.24) is 4.90 Å². The molecule has 1 aliphatic rings. The Balaban J connectivity index is 1.95. The van der Waals surface area contributed by atoms with E-state index in [1.54, 1.807) is 25.3 Å². The molecule has 1 N–H and O–H groups in total. The minimum Gasteiger partial charge on any atom is -0.496 e. The molecule has 0 radical (unpaired) electrons. The van der Waals surface area contributed by atoms with Gasteiger partial charge >= 0.3 is 0 Å². The number of Topliss-reactive ketones (excluding diaryl/α,β-unsaturated/α-hetero) is 1. The summed E-state index contributed by atoms with van der Waals surface area (Å²) in [5.41, 5.74) is 0.0307. The number of carbonyl (C=O) groups is 1. The van der Waals surface area contributed by atoms with Crippen molar-refractivity contribution in [2.45, 2.75) is 31.3 Å². The van der Waals surface area contributed by atoms with Crippen molar-refractivity contribution < 1.29 is 14.6 Å². The van der Waals surface area contributed by atoms with Crippen LogP contribution in [0.3, 0.4) is 0 Å². The van der Waals surface area contributed by atoms with Crippen LogP contribution in [0.4, 0.5) is 0 Å². The number of rotatable bonds is 6. The quantitative estimate of drug-likeness (QED) is 0.797. The lowest BCUT2D eigenvalue weighted by Gasteiger charge is -2.28. The molecule has 0 atom stereocenters. The zero-order chi connectivity index (χ0) is 15.5. The average Bonchev–Trinajstić information content (AvgIpc) is 2.84. The fourth-order valence-electron chi connectivity index (χ4n) is 2.93. The minimum absolute atomic E-state index is 0.0439. The molecule has 5 heteroatoms. The van der Waals surface area contributed by atoms with Crippen molar-refractivity contribution in [3.05, 3.63) is 28.2 Å². The van der Waals surface area contributed by atoms with Gasteiger partial charge < -0.3 is 9.84 Å². The average molecular weight is 356 g/mol. The van der Waals surface area contributed by atoms with Crippen molar-refractivity contribution in [2.75, 3.05) is 27.2 Å². The number of likely N-dealkylation sites (N-methyl/N-ethyl adjacent to an activating group) is 1. The Morgan fingerprint density at radius 3 is 2.67 bits per heavy atom. The zero-order valence-corrected chi connectivity index (χ0v) is 14.1. The second kappa shape index (κ2) is 6.90. The SMILES string of the molecule is COc1ccc(C(=O)CN(C)CC2(O)CCCC2)cc1Br. The van der Waals surface area contributed by atoms with E-state index in [4.69, 9.17) is 4.74 Å². The topological polar surface area (TPSA) is 49.8 Å². The van der Waals surface area contributed by atoms with Gasteiger partial charge in [-0.3, -0.25) is 9.69 Å². The Morgan fingerprint density at radius 1 is 1.43 bits per heavy atom. The summed E-state index contributed by atoms with van der Waals surface area (Å²) in [6, 6.07) is 5.32. The third-order valence-electron chi connectivity index (χ3n) is 3.99. The number of benzene rings is 1. The van der Waals surface area contributed by atoms with Gasteiger partial charge in [-0.25, -0.2) is 0 Å². The number of ether oxygens (including phenoxy) is 1. The van der Waals surface area contributed by atoms with Crippen molar-refractivity contribution in [3.8, 4) is 5.75 Å². The minimum atomic E-state index is -0.616. The van der Waals surface area contributed by atoms with Crippen LogP contribution >= 0.6 is 15.9 Å². The standard InChI is InChI=1S/C16H22BrNO3/c1-18(11-16(20)7-3-4-8-16)10-14(19)12-5-6-15(21-2)13(17)9-12/h5-6,9,20H,3-4,7-8,10-11H2,1-2H3. The van der Waals surface area contributed by atoms with Gasteiger partial charge in [0, 0.05) is 12.1 Å². The Bertz CT molecular complexity index is 512. The van der Waals surface area contributed by atoms with Gasteiger partial charge in [0.15, 0.2) is 5.78 Å². The second-order valence-corrected chi connectivity index (χ2v) is 6.73. The van der Waals surface area contributed by atoms with Crippen LogP contribution in [0.15, 0.2) is 22.7 Å². The largest absolute Gasteiger partial charge is 0.496 e. The number of halogens is 1. The Morgan fingerprint density at radius 2 is 2.10 bits per heavy atom. The molecule has 1 fully saturated rings. The van der Waals surface area contributed by atoms with Gasteiger partial charge in [0.25, 0.3) is 0 Å². The van der Waals surface area contributed by atoms with Gasteiger partial charge in [-0.05, 0) is 54.0 Å². The molecular weight excluding hydrogens is 334 g/mol. The maximum atomic E-state index is 12.3. The Kier molecular flexibility index (Phi) is 5.41. The summed E-state index contributed by atoms with van der Waals surface area (Å²) >= 11 is 3.39. The summed E-state index contributed by atoms with van der Waals surface area (Å²) in [6.07, 6.45) is 3.81. The van der Waals surface area contributed by atoms with Crippen LogP contribution < -0.4 is 4.74 Å². The molecule has 0 heterocycles. The first-order chi connectivity index (χ1) is 9.93. The second-order valence-electron chi connectivity index (χ2n) is 5.88. The van der Waals surface area contributed by atoms with E-state index in [2.05, 4.69) is 15.9 Å². The molecular formula is C16H22BrNO3. The first-order valence-electron chi connectivity index (χ1n) is 7.21. The van der Waals surface area contributed by atoms with Gasteiger partial charge in [-0.1, -0.05) is 12.8 Å². The molecule has 1 aromatic rings. The van der Waals surface area contributed by atoms with Crippen LogP contribution in [0.5, 0.6) is 5.75 Å². The van der Waals surface area contributed by atoms with Crippen molar-refractivity contribution in [2.24, 2.45) is 0 Å². The maximum absolute atomic E-state index is 12.3. The number of ketones is 1. The lowest BCUT2D eigenvalue weighted by atomic mass is 10.0. The van der Waals surface area contributed by atoms with Gasteiger partial charge in [0.05, 0.1) is 23.7 Å². The number of aliphatic hydroxyl groups is 1. The lowest BCUT2D eigenvalue weighted by Crippen LogP contribution is -2.41. The molecule has 0 bridgehead atoms. The van der Waals surface area contributed by atoms with E-state index in [0.29, 0.717) is 24.4 Å². The molecule has 0 aromatic heterocycles. The van der Waals surface area contributed by atoms with E-state index in [1.165, 1.54) is 0 Å². The van der Waals surface area contributed by atoms with Crippen LogP contribution in [0.1, 0.15) is 36.0 Å². The predicted molar refractivity (Wildman–Crippen MR) is 85.9 cm³/mol. The van der Waals surface area contributed by atoms with E-state index >= 15 is 0 Å². The highest BCUT2D eigenvalue weighted by molar-refractivity contribution is 9.10. The van der Waals surface area contributed by atoms with Crippen LogP contribution in [0.25, 0.3) is 0 Å². The van der Waals surface area contributed by atoms with Crippen molar-refractivity contribution >= 4 is 21.7 Å². The van der Waals surface area contributed by atoms with E-state index in [1.807, 2.05) is 11.9 Å². The summed E-state index contributed by atoms with van der Waals surface area (Å²) in [4.78, 5) is 14.2. The number of carbonyl (C=O) groups excluding carboxylic acids is 1. The molecule has 0 saturated heterocycles. The van der Waals surface area contributed by atoms with E-state index < -0.39 is 5.60 Å². The smallest absolute Gasteiger partial charge is 0.176 e. The van der Waals surface area contributed by atoms with Crippen LogP contribution in [-0.4, -0.2) is 48.6 Å². The van der Waals surface area contributed by atoms with E-state index in [9.17, 15) is 9.90 Å². The number of hydrogen-bond donors (Lipinski definition) is 1. The number of hydrogen-bond acceptors (Lipinski definition) is 4. The highest BCUT2D eigenvalue weighted by atomic mass is 79.9. The highest BCUT2D eigenvalue weighted by Crippen LogP contribution is 2.30. The van der Waals surface area contributed by atoms with E-state index in [0.717, 1.165) is 30.2 Å². The molecule has 1 saturated carbocycles. The maximum Gasteiger partial charge on any atom is 0.176 e. The number of nitrogens with zero attached hydrogens (tertiary/aromatic N) is 1. The molecule has 1 aromatic carbocycles. The molecule has 0 spiro atoms. The van der Waals surface area contributed by atoms with Crippen LogP contribution in [-0.2, 0) is 0 Å². The summed E-state index contributed by atoms with van der Waals surface area (Å²) in [5, 5.41) is 10.4. The molecule has 0 amide bonds. The van der Waals surface area contributed by atoms with Crippen LogP contribution in [0, 0.1) is 0 Å². The summed E-state index contributed by atoms with van der Waals surface area (Å²) in [6.45, 7) is 0.858. The van der Waals surface area contributed by atoms with Crippen LogP contribution in [0.2, 0.25) is 0 Å². The third kappa shape index (κ3) is 4.28. The van der Waals surface area contributed by atoms with Gasteiger partial charge in [-0.2, -0.15) is 0 Å². The van der Waals surface area contributed by atoms with Gasteiger partial charge in [-0.15, -0.1) is 0 Å². The summed E-state index contributed by atoms with van der Waals surface area (Å²) in [5.74, 6) is 0.752. The summed E-state index contributed by atoms with van der Waals surface area (Å²) < 4.78 is 5.93. The highest BCUT2D eigenvalue weighted by Gasteiger charge is 2.32. The molecule has 2 rings (SSSR count). The summed E-state index contributed by atoms with van der Waals surface area (Å²) in [7, 11) is 3.48. The molecule has 116 valence electrons. The lowest BCUT2D eigenvalue weighted by molar-refractivity contribution is 0.0172. The van der Waals surface area contributed by atoms with Crippen molar-refractivity contribution in [1.29, 1.82) is 0 Å². The van der Waals surface area contributed by atoms with E-state index in [-0.39, 0.29) is 5.78 Å². The van der Waals surface area contributed by atoms with Gasteiger partial charge in [0.2, 0.25) is 0 Å². The first-order valence-corrected chi connectivity index (χ1v) is 8.00. The molecule has 1 aliphatic carbocycles. The third-order valence-corrected chi connectivity index (χ3v) is 4.61. The Hall–Kier alpha value is -0.910. The van der Waals surface area contributed by atoms with Crippen molar-refractivity contribution in [3.63, 3.8) is 0 Å². The Labute approximate surface area is 134 Å².